The maximum Gasteiger partial charge on any atom is 0.0858 e. The number of benzene rings is 6. The smallest absolute Gasteiger partial charge is 0.0858 e. The summed E-state index contributed by atoms with van der Waals surface area (Å²) in [5.74, 6) is 0. The second-order valence-electron chi connectivity index (χ2n) is 11.6. The van der Waals surface area contributed by atoms with Gasteiger partial charge in [0.05, 0.1) is 22.7 Å². The van der Waals surface area contributed by atoms with E-state index in [1.54, 1.807) is 0 Å². The van der Waals surface area contributed by atoms with Gasteiger partial charge in [-0.2, -0.15) is 10.2 Å². The highest BCUT2D eigenvalue weighted by atomic mass is 15.1. The van der Waals surface area contributed by atoms with Gasteiger partial charge in [0.2, 0.25) is 0 Å². The molecule has 0 atom stereocenters. The molecule has 0 saturated heterocycles. The maximum absolute atomic E-state index is 4.55. The fourth-order valence-electron chi connectivity index (χ4n) is 5.51. The average Bonchev–Trinajstić information content (AvgIpc) is 3.15. The molecule has 6 nitrogen and oxygen atoms in total. The van der Waals surface area contributed by atoms with Gasteiger partial charge < -0.3 is 9.80 Å². The summed E-state index contributed by atoms with van der Waals surface area (Å²) >= 11 is 0. The van der Waals surface area contributed by atoms with Crippen molar-refractivity contribution in [2.24, 2.45) is 20.2 Å². The van der Waals surface area contributed by atoms with Gasteiger partial charge in [-0.1, -0.05) is 84.9 Å². The SMILES string of the molecule is C=Nc1ccc(CN(Cc2ccc(N=C)cc2)c2ccc(N=Nc3ccc(N(Cc4ccccc4)Cc4ccccc4)cc3)cc2)cc1. The van der Waals surface area contributed by atoms with Gasteiger partial charge in [0.1, 0.15) is 0 Å². The highest BCUT2D eigenvalue weighted by Gasteiger charge is 2.11. The predicted molar refractivity (Wildman–Crippen MR) is 201 cm³/mol. The Balaban J connectivity index is 1.16. The van der Waals surface area contributed by atoms with E-state index >= 15 is 0 Å². The first-order valence-electron chi connectivity index (χ1n) is 16.0. The quantitative estimate of drug-likeness (QED) is 0.0892. The highest BCUT2D eigenvalue weighted by molar-refractivity contribution is 5.56. The number of rotatable bonds is 14. The Morgan fingerprint density at radius 2 is 0.625 bits per heavy atom. The number of nitrogens with zero attached hydrogens (tertiary/aromatic N) is 6. The van der Waals surface area contributed by atoms with Crippen LogP contribution in [0.1, 0.15) is 22.3 Å². The summed E-state index contributed by atoms with van der Waals surface area (Å²) in [4.78, 5) is 12.8. The van der Waals surface area contributed by atoms with Crippen molar-refractivity contribution < 1.29 is 0 Å². The largest absolute Gasteiger partial charge is 0.363 e. The minimum Gasteiger partial charge on any atom is -0.363 e. The summed E-state index contributed by atoms with van der Waals surface area (Å²) in [6.07, 6.45) is 0. The maximum atomic E-state index is 4.55. The summed E-state index contributed by atoms with van der Waals surface area (Å²) in [6.45, 7) is 10.4. The van der Waals surface area contributed by atoms with Gasteiger partial charge in [-0.05, 0) is 108 Å². The van der Waals surface area contributed by atoms with Crippen LogP contribution in [0.5, 0.6) is 0 Å². The molecule has 0 heterocycles. The molecule has 0 aliphatic rings. The monoisotopic (exact) mass is 626 g/mol. The number of hydrogen-bond acceptors (Lipinski definition) is 6. The molecule has 0 aromatic heterocycles. The molecule has 48 heavy (non-hydrogen) atoms. The van der Waals surface area contributed by atoms with Crippen molar-refractivity contribution >= 4 is 47.6 Å². The van der Waals surface area contributed by atoms with E-state index in [-0.39, 0.29) is 0 Å². The van der Waals surface area contributed by atoms with Gasteiger partial charge in [-0.25, -0.2) is 0 Å². The standard InChI is InChI=1S/C42H38N6/c1-43-37-17-13-35(14-18-37)31-48(32-36-15-19-38(44-2)20-16-36)42-27-23-40(24-28-42)46-45-39-21-25-41(26-22-39)47(29-33-9-5-3-6-10-33)30-34-11-7-4-8-12-34/h3-28H,1-2,29-32H2. The van der Waals surface area contributed by atoms with Crippen LogP contribution in [0.4, 0.5) is 34.1 Å². The first kappa shape index (κ1) is 31.8. The molecule has 0 radical (unpaired) electrons. The zero-order valence-electron chi connectivity index (χ0n) is 26.9. The lowest BCUT2D eigenvalue weighted by atomic mass is 10.1. The Morgan fingerprint density at radius 3 is 0.938 bits per heavy atom. The Bertz CT molecular complexity index is 1820. The van der Waals surface area contributed by atoms with Crippen molar-refractivity contribution in [3.63, 3.8) is 0 Å². The summed E-state index contributed by atoms with van der Waals surface area (Å²) in [5, 5.41) is 9.11. The topological polar surface area (TPSA) is 55.9 Å². The summed E-state index contributed by atoms with van der Waals surface area (Å²) in [5.41, 5.74) is 10.5. The van der Waals surface area contributed by atoms with Crippen molar-refractivity contribution in [2.75, 3.05) is 9.80 Å². The van der Waals surface area contributed by atoms with Crippen molar-refractivity contribution in [3.8, 4) is 0 Å². The highest BCUT2D eigenvalue weighted by Crippen LogP contribution is 2.28. The zero-order valence-corrected chi connectivity index (χ0v) is 26.9. The van der Waals surface area contributed by atoms with Gasteiger partial charge in [0, 0.05) is 37.6 Å². The summed E-state index contributed by atoms with van der Waals surface area (Å²) < 4.78 is 0. The predicted octanol–water partition coefficient (Wildman–Crippen LogP) is 11.2. The third kappa shape index (κ3) is 8.77. The van der Waals surface area contributed by atoms with Crippen LogP contribution >= 0.6 is 0 Å². The van der Waals surface area contributed by atoms with Gasteiger partial charge in [0.25, 0.3) is 0 Å². The molecule has 0 unspecified atom stereocenters. The van der Waals surface area contributed by atoms with E-state index in [2.05, 4.69) is 153 Å². The van der Waals surface area contributed by atoms with E-state index in [9.17, 15) is 0 Å². The normalized spacial score (nSPS) is 10.9. The second-order valence-corrected chi connectivity index (χ2v) is 11.6. The fourth-order valence-corrected chi connectivity index (χ4v) is 5.51. The van der Waals surface area contributed by atoms with Gasteiger partial charge >= 0.3 is 0 Å². The molecule has 6 aromatic rings. The van der Waals surface area contributed by atoms with Crippen LogP contribution < -0.4 is 9.80 Å². The van der Waals surface area contributed by atoms with Crippen molar-refractivity contribution in [1.82, 2.24) is 0 Å². The first-order chi connectivity index (χ1) is 23.6. The second kappa shape index (κ2) is 15.9. The van der Waals surface area contributed by atoms with Crippen LogP contribution in [-0.4, -0.2) is 13.4 Å². The molecular weight excluding hydrogens is 589 g/mol. The van der Waals surface area contributed by atoms with Crippen LogP contribution in [0, 0.1) is 0 Å². The van der Waals surface area contributed by atoms with E-state index < -0.39 is 0 Å². The lowest BCUT2D eigenvalue weighted by molar-refractivity contribution is 0.800. The van der Waals surface area contributed by atoms with E-state index in [4.69, 9.17) is 0 Å². The van der Waals surface area contributed by atoms with Crippen LogP contribution in [0.15, 0.2) is 178 Å². The molecule has 6 aromatic carbocycles. The Morgan fingerprint density at radius 1 is 0.333 bits per heavy atom. The molecule has 0 saturated carbocycles. The van der Waals surface area contributed by atoms with Crippen molar-refractivity contribution in [1.29, 1.82) is 0 Å². The Labute approximate surface area is 283 Å². The number of azo groups is 1. The molecule has 0 spiro atoms. The molecule has 0 aliphatic carbocycles. The van der Waals surface area contributed by atoms with Crippen LogP contribution in [-0.2, 0) is 26.2 Å². The molecule has 6 rings (SSSR count). The minimum atomic E-state index is 0.734. The summed E-state index contributed by atoms with van der Waals surface area (Å²) in [7, 11) is 0. The molecule has 6 heteroatoms. The van der Waals surface area contributed by atoms with Crippen molar-refractivity contribution in [3.05, 3.63) is 180 Å². The third-order valence-electron chi connectivity index (χ3n) is 8.13. The number of hydrogen-bond donors (Lipinski definition) is 0. The van der Waals surface area contributed by atoms with Crippen LogP contribution in [0.2, 0.25) is 0 Å². The van der Waals surface area contributed by atoms with Crippen molar-refractivity contribution in [2.45, 2.75) is 26.2 Å². The van der Waals surface area contributed by atoms with Gasteiger partial charge in [-0.15, -0.1) is 0 Å². The molecule has 0 N–H and O–H groups in total. The average molecular weight is 627 g/mol. The molecule has 0 fully saturated rings. The van der Waals surface area contributed by atoms with E-state index in [0.29, 0.717) is 0 Å². The van der Waals surface area contributed by atoms with Gasteiger partial charge in [0.15, 0.2) is 0 Å². The minimum absolute atomic E-state index is 0.734. The summed E-state index contributed by atoms with van der Waals surface area (Å²) in [6, 6.07) is 54.0. The van der Waals surface area contributed by atoms with E-state index in [1.165, 1.54) is 22.3 Å². The van der Waals surface area contributed by atoms with Crippen LogP contribution in [0.3, 0.4) is 0 Å². The van der Waals surface area contributed by atoms with Gasteiger partial charge in [-0.3, -0.25) is 9.98 Å². The molecular formula is C42H38N6. The molecule has 0 bridgehead atoms. The molecule has 0 aliphatic heterocycles. The fraction of sp³-hybridized carbons (Fsp3) is 0.0952. The lowest BCUT2D eigenvalue weighted by Gasteiger charge is -2.25. The lowest BCUT2D eigenvalue weighted by Crippen LogP contribution is -2.22. The first-order valence-corrected chi connectivity index (χ1v) is 16.0. The molecule has 236 valence electrons. The molecule has 0 amide bonds. The number of aliphatic imine (C=N–C) groups is 2. The Hall–Kier alpha value is -6.14. The number of anilines is 2. The third-order valence-corrected chi connectivity index (χ3v) is 8.13. The van der Waals surface area contributed by atoms with E-state index in [0.717, 1.165) is 60.3 Å². The zero-order chi connectivity index (χ0) is 33.0. The van der Waals surface area contributed by atoms with E-state index in [1.807, 2.05) is 48.5 Å². The van der Waals surface area contributed by atoms with Crippen LogP contribution in [0.25, 0.3) is 0 Å². The Kier molecular flexibility index (Phi) is 10.6.